The van der Waals surface area contributed by atoms with Crippen LogP contribution in [-0.4, -0.2) is 32.2 Å². The number of nitrogens with one attached hydrogen (secondary N) is 1. The van der Waals surface area contributed by atoms with E-state index in [1.54, 1.807) is 12.3 Å². The van der Waals surface area contributed by atoms with E-state index in [-0.39, 0.29) is 23.3 Å². The molecule has 5 rings (SSSR count). The van der Waals surface area contributed by atoms with Crippen molar-refractivity contribution in [1.82, 2.24) is 19.9 Å². The number of benzene rings is 1. The molecular weight excluding hydrogens is 420 g/mol. The van der Waals surface area contributed by atoms with Gasteiger partial charge in [-0.25, -0.2) is 14.5 Å². The number of hydrogen-bond donors (Lipinski definition) is 1. The zero-order chi connectivity index (χ0) is 22.2. The predicted octanol–water partition coefficient (Wildman–Crippen LogP) is 4.12. The van der Waals surface area contributed by atoms with Crippen LogP contribution in [0.3, 0.4) is 0 Å². The van der Waals surface area contributed by atoms with E-state index in [2.05, 4.69) is 17.2 Å². The lowest BCUT2D eigenvalue weighted by molar-refractivity contribution is -0.119. The van der Waals surface area contributed by atoms with Crippen molar-refractivity contribution in [3.63, 3.8) is 0 Å². The van der Waals surface area contributed by atoms with E-state index in [0.29, 0.717) is 27.8 Å². The molecule has 2 fully saturated rings. The summed E-state index contributed by atoms with van der Waals surface area (Å²) in [4.78, 5) is 35.2. The molecule has 2 heterocycles. The second-order valence-electron chi connectivity index (χ2n) is 9.23. The number of hydrogen-bond acceptors (Lipinski definition) is 5. The molecule has 166 valence electrons. The van der Waals surface area contributed by atoms with E-state index in [0.717, 1.165) is 17.4 Å². The molecule has 3 aromatic rings. The lowest BCUT2D eigenvalue weighted by Gasteiger charge is -2.28. The number of aromatic nitrogens is 3. The van der Waals surface area contributed by atoms with E-state index in [9.17, 15) is 9.59 Å². The summed E-state index contributed by atoms with van der Waals surface area (Å²) < 4.78 is 1.51. The molecule has 32 heavy (non-hydrogen) atoms. The SMILES string of the molecule is Cc1ccc(-n2c(SCC(=O)NC(C)C3CC4CCC3C4)nc3ccccc3c2=O)nc1. The maximum atomic E-state index is 13.3. The van der Waals surface area contributed by atoms with E-state index in [1.807, 2.05) is 37.3 Å². The van der Waals surface area contributed by atoms with Gasteiger partial charge < -0.3 is 5.32 Å². The number of para-hydroxylation sites is 1. The monoisotopic (exact) mass is 448 g/mol. The zero-order valence-corrected chi connectivity index (χ0v) is 19.3. The summed E-state index contributed by atoms with van der Waals surface area (Å²) in [6.07, 6.45) is 6.97. The van der Waals surface area contributed by atoms with E-state index in [4.69, 9.17) is 4.98 Å². The van der Waals surface area contributed by atoms with Gasteiger partial charge in [-0.1, -0.05) is 36.4 Å². The summed E-state index contributed by atoms with van der Waals surface area (Å²) in [5.74, 6) is 2.92. The molecule has 2 saturated carbocycles. The number of aryl methyl sites for hydroxylation is 1. The van der Waals surface area contributed by atoms with E-state index < -0.39 is 0 Å². The standard InChI is InChI=1S/C25H28N4O2S/c1-15-7-10-22(26-13-15)29-24(31)19-5-3-4-6-21(19)28-25(29)32-14-23(30)27-16(2)20-12-17-8-9-18(20)11-17/h3-7,10,13,16-18,20H,8-9,11-12,14H2,1-2H3,(H,27,30). The average molecular weight is 449 g/mol. The minimum atomic E-state index is -0.176. The number of thioether (sulfide) groups is 1. The predicted molar refractivity (Wildman–Crippen MR) is 127 cm³/mol. The summed E-state index contributed by atoms with van der Waals surface area (Å²) >= 11 is 1.28. The number of nitrogens with zero attached hydrogens (tertiary/aromatic N) is 3. The molecule has 1 aromatic carbocycles. The minimum absolute atomic E-state index is 0.0175. The minimum Gasteiger partial charge on any atom is -0.353 e. The Bertz CT molecular complexity index is 1210. The van der Waals surface area contributed by atoms with Gasteiger partial charge in [0.1, 0.15) is 5.82 Å². The van der Waals surface area contributed by atoms with Gasteiger partial charge in [-0.2, -0.15) is 0 Å². The topological polar surface area (TPSA) is 76.9 Å². The maximum absolute atomic E-state index is 13.3. The van der Waals surface area contributed by atoms with Crippen molar-refractivity contribution in [1.29, 1.82) is 0 Å². The second-order valence-corrected chi connectivity index (χ2v) is 10.2. The molecule has 7 heteroatoms. The number of rotatable bonds is 6. The Morgan fingerprint density at radius 1 is 1.22 bits per heavy atom. The van der Waals surface area contributed by atoms with Crippen molar-refractivity contribution in [2.75, 3.05) is 5.75 Å². The first-order valence-electron chi connectivity index (χ1n) is 11.4. The van der Waals surface area contributed by atoms with Crippen molar-refractivity contribution in [2.24, 2.45) is 17.8 Å². The first-order chi connectivity index (χ1) is 15.5. The highest BCUT2D eigenvalue weighted by atomic mass is 32.2. The van der Waals surface area contributed by atoms with Gasteiger partial charge >= 0.3 is 0 Å². The number of carbonyl (C=O) groups is 1. The van der Waals surface area contributed by atoms with Gasteiger partial charge in [0, 0.05) is 12.2 Å². The van der Waals surface area contributed by atoms with Crippen LogP contribution in [0, 0.1) is 24.7 Å². The van der Waals surface area contributed by atoms with Crippen LogP contribution < -0.4 is 10.9 Å². The Labute approximate surface area is 191 Å². The third-order valence-corrected chi connectivity index (χ3v) is 7.96. The smallest absolute Gasteiger partial charge is 0.267 e. The molecular formula is C25H28N4O2S. The summed E-state index contributed by atoms with van der Waals surface area (Å²) in [5.41, 5.74) is 1.46. The van der Waals surface area contributed by atoms with Gasteiger partial charge in [0.25, 0.3) is 5.56 Å². The van der Waals surface area contributed by atoms with Crippen LogP contribution in [0.15, 0.2) is 52.5 Å². The molecule has 0 spiro atoms. The molecule has 2 aromatic heterocycles. The number of amides is 1. The number of pyridine rings is 1. The van der Waals surface area contributed by atoms with Crippen LogP contribution in [0.5, 0.6) is 0 Å². The Morgan fingerprint density at radius 2 is 2.06 bits per heavy atom. The fourth-order valence-electron chi connectivity index (χ4n) is 5.44. The van der Waals surface area contributed by atoms with Gasteiger partial charge in [-0.3, -0.25) is 9.59 Å². The van der Waals surface area contributed by atoms with Crippen LogP contribution in [-0.2, 0) is 4.79 Å². The second kappa shape index (κ2) is 8.70. The third-order valence-electron chi connectivity index (χ3n) is 7.03. The molecule has 4 atom stereocenters. The molecule has 0 radical (unpaired) electrons. The van der Waals surface area contributed by atoms with Gasteiger partial charge in [-0.05, 0) is 74.6 Å². The Kier molecular flexibility index (Phi) is 5.76. The first-order valence-corrected chi connectivity index (χ1v) is 12.3. The lowest BCUT2D eigenvalue weighted by Crippen LogP contribution is -2.41. The van der Waals surface area contributed by atoms with Crippen LogP contribution >= 0.6 is 11.8 Å². The molecule has 1 amide bonds. The highest BCUT2D eigenvalue weighted by molar-refractivity contribution is 7.99. The molecule has 2 aliphatic rings. The Hall–Kier alpha value is -2.67. The first kappa shape index (κ1) is 21.2. The quantitative estimate of drug-likeness (QED) is 0.453. The summed E-state index contributed by atoms with van der Waals surface area (Å²) in [6.45, 7) is 4.09. The van der Waals surface area contributed by atoms with Crippen molar-refractivity contribution >= 4 is 28.6 Å². The Balaban J connectivity index is 1.37. The van der Waals surface area contributed by atoms with Crippen molar-refractivity contribution in [3.05, 3.63) is 58.5 Å². The van der Waals surface area contributed by atoms with Gasteiger partial charge in [0.15, 0.2) is 5.16 Å². The fourth-order valence-corrected chi connectivity index (χ4v) is 6.25. The van der Waals surface area contributed by atoms with Crippen LogP contribution in [0.25, 0.3) is 16.7 Å². The molecule has 2 aliphatic carbocycles. The van der Waals surface area contributed by atoms with Crippen molar-refractivity contribution in [3.8, 4) is 5.82 Å². The highest BCUT2D eigenvalue weighted by Crippen LogP contribution is 2.49. The highest BCUT2D eigenvalue weighted by Gasteiger charge is 2.42. The van der Waals surface area contributed by atoms with Gasteiger partial charge in [0.05, 0.1) is 16.7 Å². The molecule has 0 aliphatic heterocycles. The maximum Gasteiger partial charge on any atom is 0.267 e. The van der Waals surface area contributed by atoms with Crippen LogP contribution in [0.2, 0.25) is 0 Å². The lowest BCUT2D eigenvalue weighted by atomic mass is 9.84. The zero-order valence-electron chi connectivity index (χ0n) is 18.5. The van der Waals surface area contributed by atoms with E-state index in [1.165, 1.54) is 42.0 Å². The number of carbonyl (C=O) groups excluding carboxylic acids is 1. The summed E-state index contributed by atoms with van der Waals surface area (Å²) in [6, 6.07) is 11.2. The van der Waals surface area contributed by atoms with Crippen LogP contribution in [0.1, 0.15) is 38.2 Å². The van der Waals surface area contributed by atoms with Crippen molar-refractivity contribution < 1.29 is 4.79 Å². The molecule has 2 bridgehead atoms. The van der Waals surface area contributed by atoms with Gasteiger partial charge in [-0.15, -0.1) is 0 Å². The summed E-state index contributed by atoms with van der Waals surface area (Å²) in [7, 11) is 0. The number of fused-ring (bicyclic) bond motifs is 3. The largest absolute Gasteiger partial charge is 0.353 e. The van der Waals surface area contributed by atoms with Crippen LogP contribution in [0.4, 0.5) is 0 Å². The van der Waals surface area contributed by atoms with E-state index >= 15 is 0 Å². The molecule has 1 N–H and O–H groups in total. The van der Waals surface area contributed by atoms with Gasteiger partial charge in [0.2, 0.25) is 5.91 Å². The normalized spacial score (nSPS) is 22.9. The van der Waals surface area contributed by atoms with Crippen molar-refractivity contribution in [2.45, 2.75) is 50.7 Å². The third kappa shape index (κ3) is 4.06. The Morgan fingerprint density at radius 3 is 2.78 bits per heavy atom. The average Bonchev–Trinajstić information content (AvgIpc) is 3.43. The fraction of sp³-hybridized carbons (Fsp3) is 0.440. The molecule has 4 unspecified atom stereocenters. The summed E-state index contributed by atoms with van der Waals surface area (Å²) in [5, 5.41) is 4.22. The molecule has 0 saturated heterocycles. The molecule has 6 nitrogen and oxygen atoms in total.